The average Bonchev–Trinajstić information content (AvgIpc) is 1.99. The summed E-state index contributed by atoms with van der Waals surface area (Å²) in [5.41, 5.74) is 0. The molecule has 0 atom stereocenters. The third-order valence-electron chi connectivity index (χ3n) is 1.93. The second-order valence-electron chi connectivity index (χ2n) is 3.22. The first-order valence-corrected chi connectivity index (χ1v) is 4.79. The summed E-state index contributed by atoms with van der Waals surface area (Å²) in [4.78, 5) is 2.36. The second kappa shape index (κ2) is 8.06. The van der Waals surface area contributed by atoms with Crippen molar-refractivity contribution in [2.45, 2.75) is 39.0 Å². The summed E-state index contributed by atoms with van der Waals surface area (Å²) < 4.78 is 0. The summed E-state index contributed by atoms with van der Waals surface area (Å²) in [6.45, 7) is 8.47. The number of unbranched alkanes of at least 4 members (excludes halogenated alkanes) is 3. The van der Waals surface area contributed by atoms with Crippen LogP contribution < -0.4 is 0 Å². The molecule has 0 rings (SSSR count). The molecule has 67 valence electrons. The van der Waals surface area contributed by atoms with Gasteiger partial charge < -0.3 is 4.90 Å². The maximum absolute atomic E-state index is 3.83. The molecule has 0 spiro atoms. The Bertz CT molecular complexity index is 71.3. The highest BCUT2D eigenvalue weighted by molar-refractivity contribution is 4.52. The first-order valence-electron chi connectivity index (χ1n) is 4.79. The molecular weight excluding hydrogens is 134 g/mol. The maximum Gasteiger partial charge on any atom is -0.00218 e. The van der Waals surface area contributed by atoms with Gasteiger partial charge in [-0.25, -0.2) is 0 Å². The SMILES string of the molecule is [CH2]CCN(C)CCCCCC. The third kappa shape index (κ3) is 7.86. The predicted molar refractivity (Wildman–Crippen MR) is 51.6 cm³/mol. The quantitative estimate of drug-likeness (QED) is 0.512. The van der Waals surface area contributed by atoms with E-state index in [4.69, 9.17) is 0 Å². The predicted octanol–water partition coefficient (Wildman–Crippen LogP) is 2.72. The fourth-order valence-corrected chi connectivity index (χ4v) is 1.19. The summed E-state index contributed by atoms with van der Waals surface area (Å²) in [5, 5.41) is 0. The third-order valence-corrected chi connectivity index (χ3v) is 1.93. The number of nitrogens with zero attached hydrogens (tertiary/aromatic N) is 1. The van der Waals surface area contributed by atoms with Crippen molar-refractivity contribution < 1.29 is 0 Å². The minimum absolute atomic E-state index is 1.03. The molecule has 0 bridgehead atoms. The highest BCUT2D eigenvalue weighted by Crippen LogP contribution is 2.00. The molecule has 0 aromatic rings. The Balaban J connectivity index is 2.97. The van der Waals surface area contributed by atoms with Crippen LogP contribution in [0, 0.1) is 6.92 Å². The highest BCUT2D eigenvalue weighted by atomic mass is 15.1. The molecule has 11 heavy (non-hydrogen) atoms. The van der Waals surface area contributed by atoms with Gasteiger partial charge in [-0.3, -0.25) is 0 Å². The fraction of sp³-hybridized carbons (Fsp3) is 0.900. The minimum Gasteiger partial charge on any atom is -0.306 e. The molecule has 0 aliphatic rings. The maximum atomic E-state index is 3.83. The Morgan fingerprint density at radius 1 is 1.09 bits per heavy atom. The van der Waals surface area contributed by atoms with Crippen molar-refractivity contribution in [3.63, 3.8) is 0 Å². The fourth-order valence-electron chi connectivity index (χ4n) is 1.19. The topological polar surface area (TPSA) is 3.24 Å². The number of hydrogen-bond acceptors (Lipinski definition) is 1. The zero-order valence-electron chi connectivity index (χ0n) is 8.10. The molecule has 0 N–H and O–H groups in total. The van der Waals surface area contributed by atoms with Crippen molar-refractivity contribution in [1.82, 2.24) is 4.90 Å². The summed E-state index contributed by atoms with van der Waals surface area (Å²) in [5.74, 6) is 0. The Hall–Kier alpha value is -0.0400. The van der Waals surface area contributed by atoms with Gasteiger partial charge in [-0.15, -0.1) is 0 Å². The normalized spacial score (nSPS) is 10.9. The van der Waals surface area contributed by atoms with Crippen LogP contribution in [-0.4, -0.2) is 25.0 Å². The zero-order valence-corrected chi connectivity index (χ0v) is 8.10. The van der Waals surface area contributed by atoms with Crippen molar-refractivity contribution in [3.8, 4) is 0 Å². The van der Waals surface area contributed by atoms with Crippen molar-refractivity contribution in [2.75, 3.05) is 20.1 Å². The Kier molecular flexibility index (Phi) is 8.03. The van der Waals surface area contributed by atoms with Gasteiger partial charge in [0.2, 0.25) is 0 Å². The molecule has 1 nitrogen and oxygen atoms in total. The van der Waals surface area contributed by atoms with Gasteiger partial charge in [0, 0.05) is 0 Å². The molecule has 0 aliphatic carbocycles. The van der Waals surface area contributed by atoms with E-state index in [0.29, 0.717) is 0 Å². The van der Waals surface area contributed by atoms with Crippen LogP contribution in [0.4, 0.5) is 0 Å². The molecule has 0 aromatic carbocycles. The first kappa shape index (κ1) is 11.0. The monoisotopic (exact) mass is 156 g/mol. The average molecular weight is 156 g/mol. The van der Waals surface area contributed by atoms with Crippen LogP contribution in [0.2, 0.25) is 0 Å². The highest BCUT2D eigenvalue weighted by Gasteiger charge is 1.94. The minimum atomic E-state index is 1.03. The molecule has 1 radical (unpaired) electrons. The number of rotatable bonds is 7. The molecule has 1 heteroatoms. The van der Waals surface area contributed by atoms with Crippen molar-refractivity contribution >= 4 is 0 Å². The molecular formula is C10H22N. The van der Waals surface area contributed by atoms with Crippen LogP contribution in [0.5, 0.6) is 0 Å². The van der Waals surface area contributed by atoms with Gasteiger partial charge >= 0.3 is 0 Å². The van der Waals surface area contributed by atoms with Crippen LogP contribution in [0.25, 0.3) is 0 Å². The van der Waals surface area contributed by atoms with Gasteiger partial charge in [0.25, 0.3) is 0 Å². The molecule has 0 fully saturated rings. The molecule has 0 unspecified atom stereocenters. The standard InChI is InChI=1S/C10H22N/c1-4-6-7-8-10-11(3)9-5-2/h2,4-10H2,1,3H3. The van der Waals surface area contributed by atoms with Crippen molar-refractivity contribution in [1.29, 1.82) is 0 Å². The Labute approximate surface area is 71.8 Å². The van der Waals surface area contributed by atoms with E-state index in [2.05, 4.69) is 25.8 Å². The van der Waals surface area contributed by atoms with E-state index in [-0.39, 0.29) is 0 Å². The van der Waals surface area contributed by atoms with Gasteiger partial charge in [-0.2, -0.15) is 0 Å². The zero-order chi connectivity index (χ0) is 8.53. The number of hydrogen-bond donors (Lipinski definition) is 0. The van der Waals surface area contributed by atoms with Crippen molar-refractivity contribution in [2.24, 2.45) is 0 Å². The van der Waals surface area contributed by atoms with Gasteiger partial charge in [0.1, 0.15) is 0 Å². The largest absolute Gasteiger partial charge is 0.306 e. The van der Waals surface area contributed by atoms with E-state index in [9.17, 15) is 0 Å². The van der Waals surface area contributed by atoms with E-state index >= 15 is 0 Å². The summed E-state index contributed by atoms with van der Waals surface area (Å²) in [7, 11) is 2.18. The summed E-state index contributed by atoms with van der Waals surface area (Å²) >= 11 is 0. The summed E-state index contributed by atoms with van der Waals surface area (Å²) in [6, 6.07) is 0. The van der Waals surface area contributed by atoms with Crippen LogP contribution in [-0.2, 0) is 0 Å². The molecule has 0 heterocycles. The van der Waals surface area contributed by atoms with Crippen LogP contribution in [0.1, 0.15) is 39.0 Å². The van der Waals surface area contributed by atoms with Gasteiger partial charge in [0.15, 0.2) is 0 Å². The molecule has 0 saturated heterocycles. The molecule has 0 saturated carbocycles. The summed E-state index contributed by atoms with van der Waals surface area (Å²) in [6.07, 6.45) is 6.49. The van der Waals surface area contributed by atoms with E-state index in [0.717, 1.165) is 13.0 Å². The van der Waals surface area contributed by atoms with Gasteiger partial charge in [-0.05, 0) is 33.0 Å². The van der Waals surface area contributed by atoms with Crippen LogP contribution in [0.3, 0.4) is 0 Å². The molecule has 0 aliphatic heterocycles. The van der Waals surface area contributed by atoms with E-state index in [1.165, 1.54) is 32.2 Å². The lowest BCUT2D eigenvalue weighted by molar-refractivity contribution is 0.330. The lowest BCUT2D eigenvalue weighted by Crippen LogP contribution is -2.20. The van der Waals surface area contributed by atoms with Crippen molar-refractivity contribution in [3.05, 3.63) is 6.92 Å². The van der Waals surface area contributed by atoms with E-state index < -0.39 is 0 Å². The molecule has 0 aromatic heterocycles. The second-order valence-corrected chi connectivity index (χ2v) is 3.22. The lowest BCUT2D eigenvalue weighted by atomic mass is 10.2. The smallest absolute Gasteiger partial charge is 0.00218 e. The molecule has 0 amide bonds. The van der Waals surface area contributed by atoms with E-state index in [1.54, 1.807) is 0 Å². The lowest BCUT2D eigenvalue weighted by Gasteiger charge is -2.14. The van der Waals surface area contributed by atoms with Crippen LogP contribution >= 0.6 is 0 Å². The first-order chi connectivity index (χ1) is 5.31. The van der Waals surface area contributed by atoms with Crippen LogP contribution in [0.15, 0.2) is 0 Å². The Morgan fingerprint density at radius 2 is 1.82 bits per heavy atom. The van der Waals surface area contributed by atoms with Gasteiger partial charge in [-0.1, -0.05) is 33.1 Å². The van der Waals surface area contributed by atoms with Gasteiger partial charge in [0.05, 0.1) is 0 Å². The van der Waals surface area contributed by atoms with E-state index in [1.807, 2.05) is 0 Å². The Morgan fingerprint density at radius 3 is 2.36 bits per heavy atom.